The van der Waals surface area contributed by atoms with Crippen LogP contribution in [-0.4, -0.2) is 38.0 Å². The van der Waals surface area contributed by atoms with Crippen molar-refractivity contribution in [3.63, 3.8) is 0 Å². The fourth-order valence-corrected chi connectivity index (χ4v) is 4.14. The van der Waals surface area contributed by atoms with E-state index in [9.17, 15) is 14.7 Å². The Labute approximate surface area is 197 Å². The smallest absolute Gasteiger partial charge is 0.300 e. The van der Waals surface area contributed by atoms with E-state index in [0.29, 0.717) is 22.0 Å². The maximum atomic E-state index is 13.3. The van der Waals surface area contributed by atoms with Crippen molar-refractivity contribution in [3.8, 4) is 5.75 Å². The van der Waals surface area contributed by atoms with Crippen molar-refractivity contribution in [1.29, 1.82) is 0 Å². The van der Waals surface area contributed by atoms with E-state index in [0.717, 1.165) is 5.69 Å². The lowest BCUT2D eigenvalue weighted by molar-refractivity contribution is -0.132. The first-order valence-electron chi connectivity index (χ1n) is 10.3. The van der Waals surface area contributed by atoms with E-state index in [-0.39, 0.29) is 16.9 Å². The number of aliphatic hydroxyl groups excluding tert-OH is 1. The highest BCUT2D eigenvalue weighted by atomic mass is 35.5. The molecule has 0 spiro atoms. The van der Waals surface area contributed by atoms with Crippen molar-refractivity contribution in [3.05, 3.63) is 94.5 Å². The lowest BCUT2D eigenvalue weighted by Crippen LogP contribution is -2.29. The molecule has 168 valence electrons. The molecule has 0 saturated carbocycles. The predicted octanol–water partition coefficient (Wildman–Crippen LogP) is 5.04. The molecule has 1 N–H and O–H groups in total. The lowest BCUT2D eigenvalue weighted by Gasteiger charge is -2.26. The number of Topliss-reactive ketones (excluding diaryl/α,β-unsaturated/α-hetero) is 1. The number of nitrogens with zero attached hydrogens (tertiary/aromatic N) is 2. The molecule has 0 bridgehead atoms. The Morgan fingerprint density at radius 3 is 2.27 bits per heavy atom. The lowest BCUT2D eigenvalue weighted by atomic mass is 9.95. The third kappa shape index (κ3) is 4.05. The normalized spacial score (nSPS) is 17.3. The number of halogens is 1. The molecule has 4 rings (SSSR count). The molecule has 1 saturated heterocycles. The number of benzene rings is 3. The molecule has 1 aliphatic rings. The molecule has 3 aromatic rings. The van der Waals surface area contributed by atoms with Gasteiger partial charge >= 0.3 is 0 Å². The van der Waals surface area contributed by atoms with Crippen molar-refractivity contribution in [2.24, 2.45) is 0 Å². The van der Waals surface area contributed by atoms with Gasteiger partial charge < -0.3 is 14.7 Å². The van der Waals surface area contributed by atoms with Crippen LogP contribution in [0.4, 0.5) is 11.4 Å². The average Bonchev–Trinajstić information content (AvgIpc) is 3.09. The number of ketones is 1. The SMILES string of the molecule is COc1ccc(Cl)cc1/C(O)=C1\C(=O)C(=O)N(c2ccc(N(C)C)cc2)C1c1ccccc1. The predicted molar refractivity (Wildman–Crippen MR) is 130 cm³/mol. The van der Waals surface area contributed by atoms with Crippen molar-refractivity contribution in [2.75, 3.05) is 31.0 Å². The van der Waals surface area contributed by atoms with Crippen molar-refractivity contribution >= 4 is 40.4 Å². The summed E-state index contributed by atoms with van der Waals surface area (Å²) in [5, 5.41) is 11.7. The van der Waals surface area contributed by atoms with Gasteiger partial charge in [-0.05, 0) is 48.0 Å². The number of methoxy groups -OCH3 is 1. The van der Waals surface area contributed by atoms with E-state index in [1.165, 1.54) is 18.1 Å². The van der Waals surface area contributed by atoms with Gasteiger partial charge in [0.05, 0.1) is 24.3 Å². The van der Waals surface area contributed by atoms with Crippen LogP contribution in [0.15, 0.2) is 78.4 Å². The molecule has 0 radical (unpaired) electrons. The molecular weight excluding hydrogens is 440 g/mol. The molecule has 0 aromatic heterocycles. The summed E-state index contributed by atoms with van der Waals surface area (Å²) in [6.07, 6.45) is 0. The van der Waals surface area contributed by atoms with E-state index < -0.39 is 17.7 Å². The Bertz CT molecular complexity index is 1240. The third-order valence-corrected chi connectivity index (χ3v) is 5.86. The molecule has 1 unspecified atom stereocenters. The van der Waals surface area contributed by atoms with Gasteiger partial charge in [-0.2, -0.15) is 0 Å². The Morgan fingerprint density at radius 1 is 1.00 bits per heavy atom. The molecule has 6 nitrogen and oxygen atoms in total. The molecule has 0 aliphatic carbocycles. The Kier molecular flexibility index (Phi) is 6.11. The Morgan fingerprint density at radius 2 is 1.67 bits per heavy atom. The van der Waals surface area contributed by atoms with Crippen LogP contribution in [0, 0.1) is 0 Å². The maximum Gasteiger partial charge on any atom is 0.300 e. The van der Waals surface area contributed by atoms with Crippen LogP contribution in [0.1, 0.15) is 17.2 Å². The summed E-state index contributed by atoms with van der Waals surface area (Å²) >= 11 is 6.15. The van der Waals surface area contributed by atoms with Gasteiger partial charge in [0.2, 0.25) is 0 Å². The Balaban J connectivity index is 1.94. The van der Waals surface area contributed by atoms with Gasteiger partial charge in [0.1, 0.15) is 11.5 Å². The van der Waals surface area contributed by atoms with Gasteiger partial charge in [-0.3, -0.25) is 14.5 Å². The van der Waals surface area contributed by atoms with Crippen LogP contribution in [0.3, 0.4) is 0 Å². The monoisotopic (exact) mass is 462 g/mol. The molecular formula is C26H23ClN2O4. The minimum Gasteiger partial charge on any atom is -0.507 e. The highest BCUT2D eigenvalue weighted by Gasteiger charge is 2.47. The number of anilines is 2. The van der Waals surface area contributed by atoms with E-state index >= 15 is 0 Å². The Hall–Kier alpha value is -3.77. The van der Waals surface area contributed by atoms with E-state index in [1.807, 2.05) is 61.5 Å². The highest BCUT2D eigenvalue weighted by molar-refractivity contribution is 6.51. The summed E-state index contributed by atoms with van der Waals surface area (Å²) in [4.78, 5) is 29.9. The van der Waals surface area contributed by atoms with Crippen molar-refractivity contribution in [1.82, 2.24) is 0 Å². The van der Waals surface area contributed by atoms with Crippen LogP contribution in [0.2, 0.25) is 5.02 Å². The van der Waals surface area contributed by atoms with Crippen LogP contribution in [0.5, 0.6) is 5.75 Å². The fraction of sp³-hybridized carbons (Fsp3) is 0.154. The van der Waals surface area contributed by atoms with Crippen LogP contribution < -0.4 is 14.5 Å². The van der Waals surface area contributed by atoms with Gasteiger partial charge in [0.15, 0.2) is 0 Å². The van der Waals surface area contributed by atoms with E-state index in [4.69, 9.17) is 16.3 Å². The number of hydrogen-bond donors (Lipinski definition) is 1. The van der Waals surface area contributed by atoms with Gasteiger partial charge in [0.25, 0.3) is 11.7 Å². The molecule has 1 atom stereocenters. The second-order valence-electron chi connectivity index (χ2n) is 7.84. The molecule has 7 heteroatoms. The largest absolute Gasteiger partial charge is 0.507 e. The average molecular weight is 463 g/mol. The zero-order valence-corrected chi connectivity index (χ0v) is 19.2. The summed E-state index contributed by atoms with van der Waals surface area (Å²) in [7, 11) is 5.30. The topological polar surface area (TPSA) is 70.1 Å². The minimum absolute atomic E-state index is 0.0246. The van der Waals surface area contributed by atoms with E-state index in [1.54, 1.807) is 24.3 Å². The summed E-state index contributed by atoms with van der Waals surface area (Å²) < 4.78 is 5.36. The summed E-state index contributed by atoms with van der Waals surface area (Å²) in [5.41, 5.74) is 2.41. The van der Waals surface area contributed by atoms with Gasteiger partial charge in [-0.1, -0.05) is 41.9 Å². The number of rotatable bonds is 5. The number of ether oxygens (including phenoxy) is 1. The molecule has 1 fully saturated rings. The zero-order chi connectivity index (χ0) is 23.7. The second kappa shape index (κ2) is 9.00. The third-order valence-electron chi connectivity index (χ3n) is 5.62. The quantitative estimate of drug-likeness (QED) is 0.327. The van der Waals surface area contributed by atoms with Gasteiger partial charge in [0, 0.05) is 30.5 Å². The molecule has 1 aliphatic heterocycles. The number of carbonyl (C=O) groups is 2. The number of amides is 1. The van der Waals surface area contributed by atoms with Gasteiger partial charge in [-0.15, -0.1) is 0 Å². The molecule has 1 amide bonds. The van der Waals surface area contributed by atoms with Crippen molar-refractivity contribution < 1.29 is 19.4 Å². The first-order chi connectivity index (χ1) is 15.8. The fourth-order valence-electron chi connectivity index (χ4n) is 3.97. The summed E-state index contributed by atoms with van der Waals surface area (Å²) in [5.74, 6) is -1.50. The first kappa shape index (κ1) is 22.4. The zero-order valence-electron chi connectivity index (χ0n) is 18.4. The van der Waals surface area contributed by atoms with Crippen molar-refractivity contribution in [2.45, 2.75) is 6.04 Å². The second-order valence-corrected chi connectivity index (χ2v) is 8.27. The number of carbonyl (C=O) groups excluding carboxylic acids is 2. The molecule has 3 aromatic carbocycles. The van der Waals surface area contributed by atoms with Gasteiger partial charge in [-0.25, -0.2) is 0 Å². The van der Waals surface area contributed by atoms with Crippen LogP contribution >= 0.6 is 11.6 Å². The summed E-state index contributed by atoms with van der Waals surface area (Å²) in [6, 6.07) is 20.4. The number of aliphatic hydroxyl groups is 1. The van der Waals surface area contributed by atoms with Crippen LogP contribution in [-0.2, 0) is 9.59 Å². The number of hydrogen-bond acceptors (Lipinski definition) is 5. The van der Waals surface area contributed by atoms with Crippen LogP contribution in [0.25, 0.3) is 5.76 Å². The molecule has 1 heterocycles. The highest BCUT2D eigenvalue weighted by Crippen LogP contribution is 2.43. The molecule has 33 heavy (non-hydrogen) atoms. The minimum atomic E-state index is -0.819. The standard InChI is InChI=1S/C26H23ClN2O4/c1-28(2)18-10-12-19(13-11-18)29-23(16-7-5-4-6-8-16)22(25(31)26(29)32)24(30)20-15-17(27)9-14-21(20)33-3/h4-15,23,30H,1-3H3/b24-22+. The van der Waals surface area contributed by atoms with E-state index in [2.05, 4.69) is 0 Å². The summed E-state index contributed by atoms with van der Waals surface area (Å²) in [6.45, 7) is 0. The first-order valence-corrected chi connectivity index (χ1v) is 10.7. The maximum absolute atomic E-state index is 13.3.